The zero-order valence-electron chi connectivity index (χ0n) is 19.6. The molecule has 9 heteroatoms. The summed E-state index contributed by atoms with van der Waals surface area (Å²) in [5.74, 6) is -1.53. The summed E-state index contributed by atoms with van der Waals surface area (Å²) in [6.45, 7) is 5.93. The summed E-state index contributed by atoms with van der Waals surface area (Å²) >= 11 is -0.197. The second-order valence-corrected chi connectivity index (χ2v) is 12.5. The topological polar surface area (TPSA) is 88.0 Å². The Morgan fingerprint density at radius 1 is 1.20 bits per heavy atom. The molecule has 1 aliphatic heterocycles. The summed E-state index contributed by atoms with van der Waals surface area (Å²) in [6, 6.07) is 10.6. The molecule has 2 N–H and O–H groups in total. The number of hydrogen-bond acceptors (Lipinski definition) is 5. The average molecular weight is 591 g/mol. The van der Waals surface area contributed by atoms with Crippen molar-refractivity contribution in [3.63, 3.8) is 0 Å². The quantitative estimate of drug-likeness (QED) is 0.333. The van der Waals surface area contributed by atoms with Gasteiger partial charge in [0, 0.05) is 0 Å². The Kier molecular flexibility index (Phi) is 6.11. The first-order valence-electron chi connectivity index (χ1n) is 11.5. The van der Waals surface area contributed by atoms with Crippen LogP contribution in [0, 0.1) is 17.0 Å². The van der Waals surface area contributed by atoms with Gasteiger partial charge in [0.15, 0.2) is 0 Å². The van der Waals surface area contributed by atoms with Crippen molar-refractivity contribution < 1.29 is 39.9 Å². The number of aliphatic hydroxyl groups is 1. The van der Waals surface area contributed by atoms with Crippen LogP contribution >= 0.6 is 0 Å². The van der Waals surface area contributed by atoms with E-state index in [2.05, 4.69) is 29.4 Å². The first-order valence-corrected chi connectivity index (χ1v) is 14.5. The van der Waals surface area contributed by atoms with E-state index in [1.54, 1.807) is 19.1 Å². The van der Waals surface area contributed by atoms with Crippen LogP contribution in [0.4, 0.5) is 8.78 Å². The number of pyridine rings is 1. The zero-order chi connectivity index (χ0) is 25.0. The number of hydrogen-bond donors (Lipinski definition) is 2. The van der Waals surface area contributed by atoms with E-state index in [4.69, 9.17) is 4.98 Å². The SMILES string of the molecule is C[C@@H](CO)NC(=O)c1cccc([C@@]23C[I-]C[C@@H](c4cc(-c5c(F)cccc5F)nnc42)C3(C)C)n1. The summed E-state index contributed by atoms with van der Waals surface area (Å²) in [5.41, 5.74) is 1.99. The molecule has 35 heavy (non-hydrogen) atoms. The van der Waals surface area contributed by atoms with Crippen LogP contribution in [0.15, 0.2) is 42.5 Å². The normalized spacial score (nSPS) is 23.2. The number of amides is 1. The molecule has 0 spiro atoms. The number of aromatic nitrogens is 3. The number of alkyl halides is 2. The van der Waals surface area contributed by atoms with Gasteiger partial charge in [-0.25, -0.2) is 0 Å². The fraction of sp³-hybridized carbons (Fsp3) is 0.385. The first kappa shape index (κ1) is 24.2. The Bertz CT molecular complexity index is 1300. The van der Waals surface area contributed by atoms with Crippen LogP contribution in [0.25, 0.3) is 11.3 Å². The van der Waals surface area contributed by atoms with Crippen molar-refractivity contribution in [3.8, 4) is 11.3 Å². The van der Waals surface area contributed by atoms with E-state index in [0.29, 0.717) is 0 Å². The second-order valence-electron chi connectivity index (χ2n) is 9.75. The number of benzene rings is 1. The fourth-order valence-electron chi connectivity index (χ4n) is 5.34. The zero-order valence-corrected chi connectivity index (χ0v) is 21.8. The van der Waals surface area contributed by atoms with Crippen molar-refractivity contribution >= 4 is 5.91 Å². The Morgan fingerprint density at radius 3 is 2.63 bits per heavy atom. The number of nitrogens with zero attached hydrogens (tertiary/aromatic N) is 3. The molecule has 6 nitrogen and oxygen atoms in total. The molecular weight excluding hydrogens is 565 g/mol. The Labute approximate surface area is 212 Å². The van der Waals surface area contributed by atoms with Crippen molar-refractivity contribution in [2.24, 2.45) is 5.41 Å². The minimum atomic E-state index is -0.667. The van der Waals surface area contributed by atoms with Gasteiger partial charge < -0.3 is 0 Å². The molecule has 3 heterocycles. The first-order chi connectivity index (χ1) is 16.7. The predicted octanol–water partition coefficient (Wildman–Crippen LogP) is 0.440. The van der Waals surface area contributed by atoms with E-state index < -0.39 is 17.0 Å². The molecule has 3 atom stereocenters. The Hall–Kier alpha value is -2.53. The molecule has 3 aromatic rings. The van der Waals surface area contributed by atoms with E-state index in [9.17, 15) is 18.7 Å². The minimum absolute atomic E-state index is 0.150. The van der Waals surface area contributed by atoms with E-state index in [1.165, 1.54) is 18.2 Å². The molecule has 1 saturated heterocycles. The summed E-state index contributed by atoms with van der Waals surface area (Å²) < 4.78 is 30.9. The molecule has 1 amide bonds. The van der Waals surface area contributed by atoms with Gasteiger partial charge in [0.1, 0.15) is 0 Å². The number of carbonyl (C=O) groups is 1. The third-order valence-electron chi connectivity index (χ3n) is 7.42. The van der Waals surface area contributed by atoms with Crippen molar-refractivity contribution in [2.45, 2.75) is 38.1 Å². The van der Waals surface area contributed by atoms with Gasteiger partial charge in [-0.3, -0.25) is 0 Å². The molecule has 1 fully saturated rings. The summed E-state index contributed by atoms with van der Waals surface area (Å²) in [4.78, 5) is 17.5. The van der Waals surface area contributed by atoms with Crippen molar-refractivity contribution in [2.75, 3.05) is 15.5 Å². The van der Waals surface area contributed by atoms with E-state index in [1.807, 2.05) is 12.1 Å². The predicted molar refractivity (Wildman–Crippen MR) is 123 cm³/mol. The molecule has 2 aromatic heterocycles. The molecule has 0 saturated carbocycles. The number of carbonyl (C=O) groups excluding carboxylic acids is 1. The van der Waals surface area contributed by atoms with E-state index >= 15 is 0 Å². The summed E-state index contributed by atoms with van der Waals surface area (Å²) in [7, 11) is 0. The second kappa shape index (κ2) is 8.85. The summed E-state index contributed by atoms with van der Waals surface area (Å²) in [5, 5.41) is 20.9. The number of fused-ring (bicyclic) bond motifs is 5. The third-order valence-corrected chi connectivity index (χ3v) is 10.6. The number of aliphatic hydroxyl groups excluding tert-OH is 1. The van der Waals surface area contributed by atoms with Crippen molar-refractivity contribution in [1.29, 1.82) is 0 Å². The molecule has 0 radical (unpaired) electrons. The van der Waals surface area contributed by atoms with Crippen molar-refractivity contribution in [1.82, 2.24) is 20.5 Å². The Balaban J connectivity index is 1.65. The molecule has 1 aliphatic carbocycles. The number of halogens is 3. The molecule has 2 bridgehead atoms. The molecule has 0 unspecified atom stereocenters. The summed E-state index contributed by atoms with van der Waals surface area (Å²) in [6.07, 6.45) is 0. The Morgan fingerprint density at radius 2 is 1.91 bits per heavy atom. The maximum atomic E-state index is 14.5. The van der Waals surface area contributed by atoms with Gasteiger partial charge in [0.2, 0.25) is 0 Å². The van der Waals surface area contributed by atoms with Gasteiger partial charge in [-0.1, -0.05) is 0 Å². The molecule has 5 rings (SSSR count). The van der Waals surface area contributed by atoms with Gasteiger partial charge in [0.05, 0.1) is 0 Å². The average Bonchev–Trinajstić information content (AvgIpc) is 2.93. The van der Waals surface area contributed by atoms with Crippen LogP contribution in [-0.4, -0.2) is 47.7 Å². The van der Waals surface area contributed by atoms with Crippen LogP contribution in [0.2, 0.25) is 0 Å². The van der Waals surface area contributed by atoms with E-state index in [-0.39, 0.29) is 68.0 Å². The van der Waals surface area contributed by atoms with Gasteiger partial charge in [-0.15, -0.1) is 0 Å². The van der Waals surface area contributed by atoms with E-state index in [0.717, 1.165) is 25.8 Å². The molecular formula is C26H26F2IN4O2-. The number of nitrogens with one attached hydrogen (secondary N) is 1. The van der Waals surface area contributed by atoms with Gasteiger partial charge in [-0.05, 0) is 0 Å². The monoisotopic (exact) mass is 591 g/mol. The van der Waals surface area contributed by atoms with Crippen LogP contribution in [-0.2, 0) is 5.41 Å². The van der Waals surface area contributed by atoms with Crippen LogP contribution < -0.4 is 26.5 Å². The maximum absolute atomic E-state index is 14.5. The number of rotatable bonds is 5. The van der Waals surface area contributed by atoms with Gasteiger partial charge >= 0.3 is 213 Å². The van der Waals surface area contributed by atoms with Crippen LogP contribution in [0.5, 0.6) is 0 Å². The van der Waals surface area contributed by atoms with Crippen LogP contribution in [0.1, 0.15) is 54.1 Å². The third kappa shape index (κ3) is 3.66. The van der Waals surface area contributed by atoms with Crippen LogP contribution in [0.3, 0.4) is 0 Å². The fourth-order valence-corrected chi connectivity index (χ4v) is 10.4. The van der Waals surface area contributed by atoms with Crippen molar-refractivity contribution in [3.05, 3.63) is 76.7 Å². The standard InChI is InChI=1S/C26H26F2IN4O2/c1-14(12-34)30-24(35)19-8-5-9-21(31-19)26-13-29-11-16(25(26,2)3)15-10-20(32-33-23(15)26)22-17(27)6-4-7-18(22)28/h4-10,14,16,34H,11-13H2,1-3H3,(H,30,35)/q-1/t14-,16-,26-/m0/s1. The molecule has 1 aromatic carbocycles. The molecule has 2 aliphatic rings. The van der Waals surface area contributed by atoms with Gasteiger partial charge in [-0.2, -0.15) is 0 Å². The molecule has 184 valence electrons. The van der Waals surface area contributed by atoms with Gasteiger partial charge in [0.25, 0.3) is 0 Å².